The average Bonchev–Trinajstić information content (AvgIpc) is 3.67. The second-order valence-corrected chi connectivity index (χ2v) is 12.0. The molecule has 0 radical (unpaired) electrons. The van der Waals surface area contributed by atoms with E-state index in [1.54, 1.807) is 0 Å². The van der Waals surface area contributed by atoms with E-state index in [4.69, 9.17) is 0 Å². The van der Waals surface area contributed by atoms with Crippen molar-refractivity contribution in [3.05, 3.63) is 169 Å². The Labute approximate surface area is 277 Å². The fraction of sp³-hybridized carbons (Fsp3) is 0. The highest BCUT2D eigenvalue weighted by Gasteiger charge is 2.20. The highest BCUT2D eigenvalue weighted by molar-refractivity contribution is 6.10. The van der Waals surface area contributed by atoms with Crippen LogP contribution in [0.15, 0.2) is 158 Å². The van der Waals surface area contributed by atoms with Crippen LogP contribution < -0.4 is 0 Å². The number of aromatic nitrogens is 2. The minimum atomic E-state index is 0.451. The van der Waals surface area contributed by atoms with Crippen LogP contribution >= 0.6 is 0 Å². The number of hydrogen-bond acceptors (Lipinski definition) is 2. The molecule has 0 N–H and O–H groups in total. The Morgan fingerprint density at radius 1 is 0.375 bits per heavy atom. The van der Waals surface area contributed by atoms with Crippen molar-refractivity contribution in [2.75, 3.05) is 0 Å². The lowest BCUT2D eigenvalue weighted by Gasteiger charge is -2.16. The third kappa shape index (κ3) is 4.07. The van der Waals surface area contributed by atoms with Gasteiger partial charge < -0.3 is 9.13 Å². The van der Waals surface area contributed by atoms with Crippen molar-refractivity contribution in [3.63, 3.8) is 0 Å². The molecule has 222 valence electrons. The molecule has 4 heteroatoms. The van der Waals surface area contributed by atoms with Gasteiger partial charge in [-0.25, -0.2) is 0 Å². The Balaban J connectivity index is 1.23. The maximum Gasteiger partial charge on any atom is 0.101 e. The predicted octanol–water partition coefficient (Wildman–Crippen LogP) is 11.0. The predicted molar refractivity (Wildman–Crippen MR) is 195 cm³/mol. The smallest absolute Gasteiger partial charge is 0.101 e. The highest BCUT2D eigenvalue weighted by atomic mass is 15.0. The molecule has 0 aliphatic carbocycles. The zero-order valence-corrected chi connectivity index (χ0v) is 25.8. The summed E-state index contributed by atoms with van der Waals surface area (Å²) < 4.78 is 4.40. The van der Waals surface area contributed by atoms with Crippen LogP contribution in [0.3, 0.4) is 0 Å². The molecule has 2 heterocycles. The molecular formula is C44H26N4. The molecule has 0 aliphatic rings. The van der Waals surface area contributed by atoms with Crippen LogP contribution in [0.25, 0.3) is 77.2 Å². The minimum absolute atomic E-state index is 0.451. The van der Waals surface area contributed by atoms with E-state index in [0.717, 1.165) is 60.8 Å². The van der Waals surface area contributed by atoms with E-state index in [2.05, 4.69) is 118 Å². The summed E-state index contributed by atoms with van der Waals surface area (Å²) in [4.78, 5) is 0. The van der Waals surface area contributed by atoms with Crippen LogP contribution in [-0.2, 0) is 0 Å². The molecule has 4 nitrogen and oxygen atoms in total. The van der Waals surface area contributed by atoms with Crippen molar-refractivity contribution in [3.8, 4) is 45.8 Å². The SMILES string of the molecule is N#Cc1cc(-c2cccc(-c3ccccc3-n3c4ccccc4c4ccccc43)c2)cc(C#N)c1-n1c2ccccc2c2ccccc21. The number of para-hydroxylation sites is 5. The minimum Gasteiger partial charge on any atom is -0.309 e. The van der Waals surface area contributed by atoms with Crippen molar-refractivity contribution >= 4 is 43.6 Å². The zero-order valence-electron chi connectivity index (χ0n) is 25.8. The van der Waals surface area contributed by atoms with Gasteiger partial charge in [-0.2, -0.15) is 10.5 Å². The quantitative estimate of drug-likeness (QED) is 0.199. The summed E-state index contributed by atoms with van der Waals surface area (Å²) in [5.41, 5.74) is 10.7. The van der Waals surface area contributed by atoms with Crippen LogP contribution in [0.2, 0.25) is 0 Å². The van der Waals surface area contributed by atoms with Gasteiger partial charge in [0.15, 0.2) is 0 Å². The standard InChI is InChI=1S/C44H26N4/c45-27-32-25-31(26-33(28-46)44(32)48-42-22-9-4-17-37(42)38-18-5-10-23-43(38)48)29-12-11-13-30(24-29)34-14-1-6-19-39(34)47-40-20-7-2-15-35(40)36-16-3-8-21-41(36)47/h1-26H. The Morgan fingerprint density at radius 2 is 0.812 bits per heavy atom. The molecule has 0 amide bonds. The van der Waals surface area contributed by atoms with E-state index in [1.807, 2.05) is 60.7 Å². The molecule has 0 atom stereocenters. The molecule has 9 aromatic rings. The van der Waals surface area contributed by atoms with Crippen LogP contribution in [0.5, 0.6) is 0 Å². The molecule has 0 aliphatic heterocycles. The Hall–Kier alpha value is -6.88. The van der Waals surface area contributed by atoms with Gasteiger partial charge in [-0.15, -0.1) is 0 Å². The molecule has 0 fully saturated rings. The maximum atomic E-state index is 10.5. The number of benzene rings is 7. The molecule has 0 spiro atoms. The van der Waals surface area contributed by atoms with Crippen molar-refractivity contribution < 1.29 is 0 Å². The number of hydrogen-bond donors (Lipinski definition) is 0. The topological polar surface area (TPSA) is 57.4 Å². The van der Waals surface area contributed by atoms with Gasteiger partial charge in [-0.05, 0) is 65.2 Å². The number of fused-ring (bicyclic) bond motifs is 6. The second-order valence-electron chi connectivity index (χ2n) is 12.0. The fourth-order valence-corrected chi connectivity index (χ4v) is 7.34. The first kappa shape index (κ1) is 27.4. The van der Waals surface area contributed by atoms with Gasteiger partial charge >= 0.3 is 0 Å². The third-order valence-corrected chi connectivity index (χ3v) is 9.39. The van der Waals surface area contributed by atoms with Crippen LogP contribution in [-0.4, -0.2) is 9.13 Å². The molecule has 9 rings (SSSR count). The lowest BCUT2D eigenvalue weighted by Crippen LogP contribution is -2.02. The Bertz CT molecular complexity index is 2680. The summed E-state index contributed by atoms with van der Waals surface area (Å²) in [6.45, 7) is 0. The summed E-state index contributed by atoms with van der Waals surface area (Å²) in [5, 5.41) is 25.6. The van der Waals surface area contributed by atoms with Crippen molar-refractivity contribution in [2.45, 2.75) is 0 Å². The first-order chi connectivity index (χ1) is 23.7. The summed E-state index contributed by atoms with van der Waals surface area (Å²) in [6, 6.07) is 58.9. The second kappa shape index (κ2) is 10.9. The van der Waals surface area contributed by atoms with E-state index >= 15 is 0 Å². The average molecular weight is 611 g/mol. The molecule has 0 unspecified atom stereocenters. The van der Waals surface area contributed by atoms with Crippen molar-refractivity contribution in [1.82, 2.24) is 9.13 Å². The van der Waals surface area contributed by atoms with Gasteiger partial charge in [0.2, 0.25) is 0 Å². The summed E-state index contributed by atoms with van der Waals surface area (Å²) in [6.07, 6.45) is 0. The molecular weight excluding hydrogens is 585 g/mol. The van der Waals surface area contributed by atoms with E-state index in [0.29, 0.717) is 16.8 Å². The fourth-order valence-electron chi connectivity index (χ4n) is 7.34. The van der Waals surface area contributed by atoms with Gasteiger partial charge in [0.1, 0.15) is 12.1 Å². The van der Waals surface area contributed by atoms with Gasteiger partial charge in [-0.3, -0.25) is 0 Å². The van der Waals surface area contributed by atoms with Gasteiger partial charge in [0.05, 0.1) is 44.6 Å². The van der Waals surface area contributed by atoms with E-state index in [9.17, 15) is 10.5 Å². The van der Waals surface area contributed by atoms with Crippen LogP contribution in [0, 0.1) is 22.7 Å². The first-order valence-electron chi connectivity index (χ1n) is 15.9. The zero-order chi connectivity index (χ0) is 32.2. The normalized spacial score (nSPS) is 11.3. The van der Waals surface area contributed by atoms with Gasteiger partial charge in [0.25, 0.3) is 0 Å². The largest absolute Gasteiger partial charge is 0.309 e. The van der Waals surface area contributed by atoms with Crippen molar-refractivity contribution in [2.24, 2.45) is 0 Å². The van der Waals surface area contributed by atoms with E-state index < -0.39 is 0 Å². The van der Waals surface area contributed by atoms with Crippen molar-refractivity contribution in [1.29, 1.82) is 10.5 Å². The van der Waals surface area contributed by atoms with Gasteiger partial charge in [0, 0.05) is 27.1 Å². The molecule has 0 saturated heterocycles. The number of nitrogens with zero attached hydrogens (tertiary/aromatic N) is 4. The van der Waals surface area contributed by atoms with Gasteiger partial charge in [-0.1, -0.05) is 109 Å². The Kier molecular flexibility index (Phi) is 6.22. The highest BCUT2D eigenvalue weighted by Crippen LogP contribution is 2.39. The molecule has 0 saturated carbocycles. The summed E-state index contributed by atoms with van der Waals surface area (Å²) in [7, 11) is 0. The van der Waals surface area contributed by atoms with Crippen LogP contribution in [0.1, 0.15) is 11.1 Å². The number of nitriles is 2. The van der Waals surface area contributed by atoms with E-state index in [-0.39, 0.29) is 0 Å². The summed E-state index contributed by atoms with van der Waals surface area (Å²) in [5.74, 6) is 0. The molecule has 7 aromatic carbocycles. The van der Waals surface area contributed by atoms with Crippen LogP contribution in [0.4, 0.5) is 0 Å². The molecule has 2 aromatic heterocycles. The lowest BCUT2D eigenvalue weighted by molar-refractivity contribution is 1.16. The summed E-state index contributed by atoms with van der Waals surface area (Å²) >= 11 is 0. The lowest BCUT2D eigenvalue weighted by atomic mass is 9.94. The third-order valence-electron chi connectivity index (χ3n) is 9.39. The molecule has 0 bridgehead atoms. The Morgan fingerprint density at radius 3 is 1.33 bits per heavy atom. The first-order valence-corrected chi connectivity index (χ1v) is 15.9. The maximum absolute atomic E-state index is 10.5. The number of rotatable bonds is 4. The van der Waals surface area contributed by atoms with E-state index in [1.165, 1.54) is 10.8 Å². The molecule has 48 heavy (non-hydrogen) atoms. The monoisotopic (exact) mass is 610 g/mol.